The fourth-order valence-electron chi connectivity index (χ4n) is 2.59. The molecule has 0 N–H and O–H groups in total. The smallest absolute Gasteiger partial charge is 0.140 e. The first-order valence-electron chi connectivity index (χ1n) is 6.63. The van der Waals surface area contributed by atoms with Gasteiger partial charge in [-0.15, -0.1) is 0 Å². The van der Waals surface area contributed by atoms with Crippen LogP contribution < -0.4 is 4.74 Å². The van der Waals surface area contributed by atoms with Crippen LogP contribution in [0.5, 0.6) is 5.75 Å². The van der Waals surface area contributed by atoms with Gasteiger partial charge in [0.2, 0.25) is 0 Å². The van der Waals surface area contributed by atoms with Gasteiger partial charge in [0.05, 0.1) is 18.6 Å². The summed E-state index contributed by atoms with van der Waals surface area (Å²) in [5.41, 5.74) is 0.399. The van der Waals surface area contributed by atoms with E-state index >= 15 is 0 Å². The number of Topliss-reactive ketones (excluding diaryl/α,β-unsaturated/α-hetero) is 1. The third-order valence-corrected chi connectivity index (χ3v) is 3.64. The molecule has 0 aliphatic heterocycles. The van der Waals surface area contributed by atoms with Gasteiger partial charge in [0, 0.05) is 6.42 Å². The number of rotatable bonds is 7. The molecule has 1 atom stereocenters. The van der Waals surface area contributed by atoms with Crippen LogP contribution in [-0.4, -0.2) is 12.9 Å². The zero-order chi connectivity index (χ0) is 14.3. The van der Waals surface area contributed by atoms with Gasteiger partial charge in [-0.1, -0.05) is 25.5 Å². The van der Waals surface area contributed by atoms with E-state index in [4.69, 9.17) is 10.00 Å². The summed E-state index contributed by atoms with van der Waals surface area (Å²) in [5, 5.41) is 8.84. The van der Waals surface area contributed by atoms with Gasteiger partial charge >= 0.3 is 0 Å². The fourth-order valence-corrected chi connectivity index (χ4v) is 2.59. The highest BCUT2D eigenvalue weighted by Crippen LogP contribution is 2.36. The molecule has 0 amide bonds. The van der Waals surface area contributed by atoms with E-state index in [1.54, 1.807) is 14.0 Å². The highest BCUT2D eigenvalue weighted by Gasteiger charge is 2.36. The molecule has 0 unspecified atom stereocenters. The number of carbonyl (C=O) groups excluding carboxylic acids is 1. The van der Waals surface area contributed by atoms with Gasteiger partial charge in [0.15, 0.2) is 0 Å². The Morgan fingerprint density at radius 1 is 1.42 bits per heavy atom. The second-order valence-corrected chi connectivity index (χ2v) is 4.78. The topological polar surface area (TPSA) is 50.1 Å². The Hall–Kier alpha value is -1.82. The molecule has 0 bridgehead atoms. The molecule has 19 heavy (non-hydrogen) atoms. The van der Waals surface area contributed by atoms with E-state index in [2.05, 4.69) is 13.0 Å². The Morgan fingerprint density at radius 2 is 2.16 bits per heavy atom. The predicted molar refractivity (Wildman–Crippen MR) is 75.1 cm³/mol. The van der Waals surface area contributed by atoms with Crippen LogP contribution in [0, 0.1) is 11.3 Å². The van der Waals surface area contributed by atoms with Crippen molar-refractivity contribution in [2.24, 2.45) is 0 Å². The maximum absolute atomic E-state index is 12.2. The number of nitrogens with zero attached hydrogens (tertiary/aromatic N) is 1. The number of benzene rings is 1. The van der Waals surface area contributed by atoms with Crippen molar-refractivity contribution < 1.29 is 9.53 Å². The molecule has 0 fully saturated rings. The third-order valence-electron chi connectivity index (χ3n) is 3.64. The molecule has 0 saturated heterocycles. The molecule has 0 aromatic heterocycles. The van der Waals surface area contributed by atoms with Crippen molar-refractivity contribution in [1.82, 2.24) is 0 Å². The SMILES string of the molecule is CCC[C@@](CCC#N)(C(C)=O)c1cccc(OC)c1. The number of carbonyl (C=O) groups is 1. The van der Waals surface area contributed by atoms with Crippen LogP contribution in [0.25, 0.3) is 0 Å². The normalized spacial score (nSPS) is 13.4. The Bertz CT molecular complexity index is 476. The Morgan fingerprint density at radius 3 is 2.68 bits per heavy atom. The molecule has 0 heterocycles. The third kappa shape index (κ3) is 3.35. The molecule has 3 nitrogen and oxygen atoms in total. The molecule has 0 spiro atoms. The lowest BCUT2D eigenvalue weighted by Crippen LogP contribution is -2.34. The number of hydrogen-bond donors (Lipinski definition) is 0. The average Bonchev–Trinajstić information content (AvgIpc) is 2.43. The van der Waals surface area contributed by atoms with Gasteiger partial charge in [-0.25, -0.2) is 0 Å². The summed E-state index contributed by atoms with van der Waals surface area (Å²) in [4.78, 5) is 12.2. The van der Waals surface area contributed by atoms with Crippen LogP contribution in [0.15, 0.2) is 24.3 Å². The van der Waals surface area contributed by atoms with Crippen molar-refractivity contribution in [3.8, 4) is 11.8 Å². The number of hydrogen-bond acceptors (Lipinski definition) is 3. The van der Waals surface area contributed by atoms with Gasteiger partial charge in [-0.2, -0.15) is 5.26 Å². The first-order valence-corrected chi connectivity index (χ1v) is 6.63. The van der Waals surface area contributed by atoms with E-state index in [-0.39, 0.29) is 5.78 Å². The molecule has 0 saturated carbocycles. The second kappa shape index (κ2) is 6.94. The van der Waals surface area contributed by atoms with Crippen LogP contribution in [0.3, 0.4) is 0 Å². The van der Waals surface area contributed by atoms with Crippen molar-refractivity contribution in [3.05, 3.63) is 29.8 Å². The van der Waals surface area contributed by atoms with Gasteiger partial charge in [0.1, 0.15) is 11.5 Å². The van der Waals surface area contributed by atoms with Crippen LogP contribution in [-0.2, 0) is 10.2 Å². The number of nitriles is 1. The highest BCUT2D eigenvalue weighted by molar-refractivity contribution is 5.88. The van der Waals surface area contributed by atoms with Gasteiger partial charge < -0.3 is 4.74 Å². The minimum Gasteiger partial charge on any atom is -0.497 e. The van der Waals surface area contributed by atoms with E-state index in [0.29, 0.717) is 12.8 Å². The highest BCUT2D eigenvalue weighted by atomic mass is 16.5. The molecule has 0 aliphatic carbocycles. The largest absolute Gasteiger partial charge is 0.497 e. The summed E-state index contributed by atoms with van der Waals surface area (Å²) in [6.07, 6.45) is 2.62. The van der Waals surface area contributed by atoms with Gasteiger partial charge in [-0.3, -0.25) is 4.79 Å². The lowest BCUT2D eigenvalue weighted by molar-refractivity contribution is -0.123. The monoisotopic (exact) mass is 259 g/mol. The summed E-state index contributed by atoms with van der Waals surface area (Å²) in [5.74, 6) is 0.869. The summed E-state index contributed by atoms with van der Waals surface area (Å²) < 4.78 is 5.24. The molecule has 3 heteroatoms. The molecule has 0 aliphatic rings. The van der Waals surface area contributed by atoms with Crippen LogP contribution >= 0.6 is 0 Å². The van der Waals surface area contributed by atoms with Crippen molar-refractivity contribution in [3.63, 3.8) is 0 Å². The molecule has 1 aromatic carbocycles. The average molecular weight is 259 g/mol. The standard InChI is InChI=1S/C16H21NO2/c1-4-9-16(13(2)18,10-6-11-17)14-7-5-8-15(12-14)19-3/h5,7-8,12H,4,6,9-10H2,1-3H3/t16-/m1/s1. The van der Waals surface area contributed by atoms with E-state index in [1.165, 1.54) is 0 Å². The zero-order valence-electron chi connectivity index (χ0n) is 11.9. The predicted octanol–water partition coefficient (Wildman–Crippen LogP) is 3.63. The van der Waals surface area contributed by atoms with E-state index < -0.39 is 5.41 Å². The maximum atomic E-state index is 12.2. The quantitative estimate of drug-likeness (QED) is 0.751. The molecular weight excluding hydrogens is 238 g/mol. The number of methoxy groups -OCH3 is 1. The summed E-state index contributed by atoms with van der Waals surface area (Å²) in [6, 6.07) is 9.78. The first kappa shape index (κ1) is 15.2. The van der Waals surface area contributed by atoms with Crippen LogP contribution in [0.2, 0.25) is 0 Å². The summed E-state index contributed by atoms with van der Waals surface area (Å²) in [7, 11) is 1.61. The van der Waals surface area contributed by atoms with Crippen molar-refractivity contribution in [2.45, 2.75) is 44.9 Å². The molecule has 1 aromatic rings. The van der Waals surface area contributed by atoms with Crippen molar-refractivity contribution >= 4 is 5.78 Å². The minimum absolute atomic E-state index is 0.123. The minimum atomic E-state index is -0.557. The second-order valence-electron chi connectivity index (χ2n) is 4.78. The lowest BCUT2D eigenvalue weighted by Gasteiger charge is -2.31. The van der Waals surface area contributed by atoms with Crippen molar-refractivity contribution in [2.75, 3.05) is 7.11 Å². The van der Waals surface area contributed by atoms with E-state index in [1.807, 2.05) is 24.3 Å². The summed E-state index contributed by atoms with van der Waals surface area (Å²) >= 11 is 0. The van der Waals surface area contributed by atoms with Crippen LogP contribution in [0.4, 0.5) is 0 Å². The zero-order valence-corrected chi connectivity index (χ0v) is 11.9. The van der Waals surface area contributed by atoms with Crippen LogP contribution in [0.1, 0.15) is 45.1 Å². The van der Waals surface area contributed by atoms with Crippen molar-refractivity contribution in [1.29, 1.82) is 5.26 Å². The molecule has 102 valence electrons. The Kier molecular flexibility index (Phi) is 5.57. The van der Waals surface area contributed by atoms with E-state index in [9.17, 15) is 4.79 Å². The molecule has 1 rings (SSSR count). The van der Waals surface area contributed by atoms with Gasteiger partial charge in [-0.05, 0) is 37.5 Å². The van der Waals surface area contributed by atoms with Gasteiger partial charge in [0.25, 0.3) is 0 Å². The molecular formula is C16H21NO2. The maximum Gasteiger partial charge on any atom is 0.140 e. The summed E-state index contributed by atoms with van der Waals surface area (Å²) in [6.45, 7) is 3.68. The lowest BCUT2D eigenvalue weighted by atomic mass is 9.70. The number of ketones is 1. The fraction of sp³-hybridized carbons (Fsp3) is 0.500. The van der Waals surface area contributed by atoms with E-state index in [0.717, 1.165) is 24.2 Å². The number of ether oxygens (including phenoxy) is 1. The first-order chi connectivity index (χ1) is 9.10. The Balaban J connectivity index is 3.26. The molecule has 0 radical (unpaired) electrons. The Labute approximate surface area is 115 Å².